The van der Waals surface area contributed by atoms with Crippen molar-refractivity contribution in [2.45, 2.75) is 37.8 Å². The molecule has 5 nitrogen and oxygen atoms in total. The van der Waals surface area contributed by atoms with Crippen LogP contribution in [0.1, 0.15) is 25.7 Å². The number of carbonyl (C=O) groups is 1. The highest BCUT2D eigenvalue weighted by molar-refractivity contribution is 5.74. The molecule has 1 aromatic rings. The molecule has 132 valence electrons. The molecular weight excluding hydrogens is 318 g/mol. The van der Waals surface area contributed by atoms with Crippen molar-refractivity contribution in [1.82, 2.24) is 10.6 Å². The maximum Gasteiger partial charge on any atom is 0.315 e. The van der Waals surface area contributed by atoms with E-state index in [-0.39, 0.29) is 37.1 Å². The molecule has 2 amide bonds. The first-order valence-corrected chi connectivity index (χ1v) is 8.35. The van der Waals surface area contributed by atoms with Gasteiger partial charge in [0.25, 0.3) is 0 Å². The maximum absolute atomic E-state index is 13.4. The fraction of sp³-hybridized carbons (Fsp3) is 0.588. The van der Waals surface area contributed by atoms with E-state index in [0.717, 1.165) is 25.0 Å². The van der Waals surface area contributed by atoms with Crippen LogP contribution < -0.4 is 15.4 Å². The first-order chi connectivity index (χ1) is 11.6. The van der Waals surface area contributed by atoms with Gasteiger partial charge in [-0.3, -0.25) is 0 Å². The second-order valence-corrected chi connectivity index (χ2v) is 6.29. The van der Waals surface area contributed by atoms with Crippen LogP contribution in [0.3, 0.4) is 0 Å². The highest BCUT2D eigenvalue weighted by Crippen LogP contribution is 2.38. The first kappa shape index (κ1) is 17.0. The molecule has 2 atom stereocenters. The van der Waals surface area contributed by atoms with Crippen molar-refractivity contribution in [3.05, 3.63) is 29.8 Å². The summed E-state index contributed by atoms with van der Waals surface area (Å²) in [5.41, 5.74) is 0. The SMILES string of the molecule is O=C(NCCOc1ccc(F)cc1F)N[C@H]1CCO[C@H](C2CC2)C1. The fourth-order valence-electron chi connectivity index (χ4n) is 2.91. The quantitative estimate of drug-likeness (QED) is 0.783. The Morgan fingerprint density at radius 3 is 2.88 bits per heavy atom. The minimum absolute atomic E-state index is 0.0321. The van der Waals surface area contributed by atoms with Crippen LogP contribution >= 0.6 is 0 Å². The van der Waals surface area contributed by atoms with Gasteiger partial charge >= 0.3 is 6.03 Å². The third kappa shape index (κ3) is 4.80. The molecule has 2 aliphatic rings. The van der Waals surface area contributed by atoms with Gasteiger partial charge in [0.05, 0.1) is 12.6 Å². The molecule has 2 fully saturated rings. The first-order valence-electron chi connectivity index (χ1n) is 8.35. The fourth-order valence-corrected chi connectivity index (χ4v) is 2.91. The van der Waals surface area contributed by atoms with Crippen LogP contribution in [0.15, 0.2) is 18.2 Å². The van der Waals surface area contributed by atoms with E-state index in [1.54, 1.807) is 0 Å². The zero-order valence-corrected chi connectivity index (χ0v) is 13.4. The minimum atomic E-state index is -0.757. The molecule has 3 rings (SSSR count). The van der Waals surface area contributed by atoms with Gasteiger partial charge in [0.1, 0.15) is 12.4 Å². The maximum atomic E-state index is 13.4. The lowest BCUT2D eigenvalue weighted by atomic mass is 10.0. The number of urea groups is 1. The number of hydrogen-bond donors (Lipinski definition) is 2. The predicted molar refractivity (Wildman–Crippen MR) is 83.9 cm³/mol. The molecule has 1 aliphatic heterocycles. The monoisotopic (exact) mass is 340 g/mol. The molecule has 1 aliphatic carbocycles. The average Bonchev–Trinajstić information content (AvgIpc) is 3.38. The van der Waals surface area contributed by atoms with Gasteiger partial charge in [-0.05, 0) is 43.7 Å². The molecule has 1 saturated carbocycles. The highest BCUT2D eigenvalue weighted by atomic mass is 19.1. The van der Waals surface area contributed by atoms with E-state index in [2.05, 4.69) is 10.6 Å². The molecule has 0 unspecified atom stereocenters. The number of hydrogen-bond acceptors (Lipinski definition) is 3. The molecule has 24 heavy (non-hydrogen) atoms. The third-order valence-corrected chi connectivity index (χ3v) is 4.34. The number of halogens is 2. The van der Waals surface area contributed by atoms with Crippen molar-refractivity contribution in [1.29, 1.82) is 0 Å². The molecular formula is C17H22F2N2O3. The molecule has 0 bridgehead atoms. The molecule has 7 heteroatoms. The number of benzene rings is 1. The largest absolute Gasteiger partial charge is 0.489 e. The van der Waals surface area contributed by atoms with Crippen LogP contribution in [0.4, 0.5) is 13.6 Å². The number of carbonyl (C=O) groups excluding carboxylic acids is 1. The molecule has 1 heterocycles. The summed E-state index contributed by atoms with van der Waals surface area (Å²) < 4.78 is 37.1. The lowest BCUT2D eigenvalue weighted by molar-refractivity contribution is -0.00914. The van der Waals surface area contributed by atoms with E-state index in [1.165, 1.54) is 18.9 Å². The molecule has 1 saturated heterocycles. The summed E-state index contributed by atoms with van der Waals surface area (Å²) in [6.45, 7) is 1.02. The number of rotatable bonds is 6. The van der Waals surface area contributed by atoms with E-state index in [9.17, 15) is 13.6 Å². The van der Waals surface area contributed by atoms with Gasteiger partial charge < -0.3 is 20.1 Å². The Morgan fingerprint density at radius 1 is 1.29 bits per heavy atom. The van der Waals surface area contributed by atoms with Crippen LogP contribution in [-0.4, -0.2) is 37.9 Å². The lowest BCUT2D eigenvalue weighted by Gasteiger charge is -2.30. The Hall–Kier alpha value is -1.89. The standard InChI is InChI=1S/C17H22F2N2O3/c18-12-3-4-15(14(19)9-12)24-8-6-20-17(22)21-13-5-7-23-16(10-13)11-1-2-11/h3-4,9,11,13,16H,1-2,5-8,10H2,(H2,20,21,22)/t13-,16-/m0/s1. The summed E-state index contributed by atoms with van der Waals surface area (Å²) in [5, 5.41) is 5.62. The van der Waals surface area contributed by atoms with Crippen LogP contribution in [-0.2, 0) is 4.74 Å². The van der Waals surface area contributed by atoms with Crippen molar-refractivity contribution < 1.29 is 23.0 Å². The number of nitrogens with one attached hydrogen (secondary N) is 2. The third-order valence-electron chi connectivity index (χ3n) is 4.34. The van der Waals surface area contributed by atoms with Crippen molar-refractivity contribution in [3.63, 3.8) is 0 Å². The van der Waals surface area contributed by atoms with Gasteiger partial charge in [0, 0.05) is 18.7 Å². The van der Waals surface area contributed by atoms with Gasteiger partial charge in [0.2, 0.25) is 0 Å². The van der Waals surface area contributed by atoms with Gasteiger partial charge in [-0.1, -0.05) is 0 Å². The number of amides is 2. The summed E-state index contributed by atoms with van der Waals surface area (Å²) >= 11 is 0. The zero-order valence-electron chi connectivity index (χ0n) is 13.4. The summed E-state index contributed by atoms with van der Waals surface area (Å²) in [6, 6.07) is 2.97. The van der Waals surface area contributed by atoms with E-state index in [4.69, 9.17) is 9.47 Å². The van der Waals surface area contributed by atoms with Crippen molar-refractivity contribution >= 4 is 6.03 Å². The lowest BCUT2D eigenvalue weighted by Crippen LogP contribution is -2.47. The van der Waals surface area contributed by atoms with Crippen molar-refractivity contribution in [3.8, 4) is 5.75 Å². The Balaban J connectivity index is 1.33. The average molecular weight is 340 g/mol. The number of ether oxygens (including phenoxy) is 2. The Kier molecular flexibility index (Phi) is 5.50. The molecule has 0 aromatic heterocycles. The van der Waals surface area contributed by atoms with E-state index < -0.39 is 11.6 Å². The second-order valence-electron chi connectivity index (χ2n) is 6.29. The van der Waals surface area contributed by atoms with Gasteiger partial charge in [-0.25, -0.2) is 13.6 Å². The van der Waals surface area contributed by atoms with E-state index in [1.807, 2.05) is 0 Å². The van der Waals surface area contributed by atoms with E-state index >= 15 is 0 Å². The summed E-state index contributed by atoms with van der Waals surface area (Å²) in [6.07, 6.45) is 4.39. The Labute approximate surface area is 139 Å². The van der Waals surface area contributed by atoms with E-state index in [0.29, 0.717) is 12.5 Å². The topological polar surface area (TPSA) is 59.6 Å². The molecule has 0 spiro atoms. The molecule has 0 radical (unpaired) electrons. The highest BCUT2D eigenvalue weighted by Gasteiger charge is 2.36. The summed E-state index contributed by atoms with van der Waals surface area (Å²) in [7, 11) is 0. The smallest absolute Gasteiger partial charge is 0.315 e. The minimum Gasteiger partial charge on any atom is -0.489 e. The molecule has 1 aromatic carbocycles. The van der Waals surface area contributed by atoms with Crippen molar-refractivity contribution in [2.24, 2.45) is 5.92 Å². The normalized spacial score (nSPS) is 23.6. The van der Waals surface area contributed by atoms with Crippen LogP contribution in [0.5, 0.6) is 5.75 Å². The zero-order chi connectivity index (χ0) is 16.9. The van der Waals surface area contributed by atoms with Crippen molar-refractivity contribution in [2.75, 3.05) is 19.8 Å². The molecule has 2 N–H and O–H groups in total. The summed E-state index contributed by atoms with van der Waals surface area (Å²) in [5.74, 6) is -0.780. The Bertz CT molecular complexity index is 581. The van der Waals surface area contributed by atoms with Crippen LogP contribution in [0.2, 0.25) is 0 Å². The van der Waals surface area contributed by atoms with Crippen LogP contribution in [0, 0.1) is 17.6 Å². The predicted octanol–water partition coefficient (Wildman–Crippen LogP) is 2.60. The summed E-state index contributed by atoms with van der Waals surface area (Å²) in [4.78, 5) is 11.9. The van der Waals surface area contributed by atoms with Crippen LogP contribution in [0.25, 0.3) is 0 Å². The Morgan fingerprint density at radius 2 is 2.12 bits per heavy atom. The van der Waals surface area contributed by atoms with Gasteiger partial charge in [-0.15, -0.1) is 0 Å². The van der Waals surface area contributed by atoms with Gasteiger partial charge in [-0.2, -0.15) is 0 Å². The second kappa shape index (κ2) is 7.79. The van der Waals surface area contributed by atoms with Gasteiger partial charge in [0.15, 0.2) is 11.6 Å².